The van der Waals surface area contributed by atoms with Crippen LogP contribution in [0, 0.1) is 99.6 Å². The fraction of sp³-hybridized carbons (Fsp3) is 0.745. The van der Waals surface area contributed by atoms with E-state index in [-0.39, 0.29) is 18.3 Å². The summed E-state index contributed by atoms with van der Waals surface area (Å²) in [5.74, 6) is 18.2. The lowest BCUT2D eigenvalue weighted by molar-refractivity contribution is -0.114. The summed E-state index contributed by atoms with van der Waals surface area (Å²) in [7, 11) is 0. The van der Waals surface area contributed by atoms with Gasteiger partial charge in [0.25, 0.3) is 0 Å². The van der Waals surface area contributed by atoms with E-state index in [4.69, 9.17) is 19.3 Å². The normalized spacial score (nSPS) is 29.7. The molecule has 9 fully saturated rings. The molecule has 5 aromatic rings. The zero-order valence-electron chi connectivity index (χ0n) is 77.0. The fourth-order valence-electron chi connectivity index (χ4n) is 24.3. The first kappa shape index (κ1) is 93.7. The van der Waals surface area contributed by atoms with Crippen LogP contribution in [0.5, 0.6) is 11.5 Å². The zero-order valence-corrected chi connectivity index (χ0v) is 77.0. The standard InChI is InChI=1S/C27H48.C17H18O.C16H30O.C16H30.C16H24.C14H16O.C4H10O/c1-19(2)9-8-10-20(3)23-14-15-24-22-13-12-21-11-6-7-17-26(21,4)25(22)16-18-27(23,24)5;1-3-12(2)18-15-8-9-17-14(11-15)10-13-6-4-5-7-16(13)17;1-3-13(2)17-16-11-9-15(10-12-16)14-7-5-4-6-8-14;2*1-3-13(2)14-9-11-16(12-10-14)15-7-5-4-6-8-15;1-3-11(2)15-14-9-8-12-6-4-5-7-13(12)10-14;1-3-4(2)5/h19-25H,6-18H2,1-5H3;4-9,11-12H,3,10H2,1-2H3;13-16H,3-12H2,1-2H3;13-16H,3-12H2,1-2H3;4-8,13-14,16H,3,9-12H2,1-2H3;4-11H,3H2,1-2H3;4-5H,3H2,1-2H3/t20-,21-,22+,23-,24+,25+,26+,27-;;;;;;/m1....../s1. The molecule has 0 aromatic heterocycles. The van der Waals surface area contributed by atoms with E-state index in [9.17, 15) is 0 Å². The number of ether oxygens (including phenoxy) is 3. The van der Waals surface area contributed by atoms with E-state index in [1.807, 2.05) is 13.0 Å². The van der Waals surface area contributed by atoms with Crippen LogP contribution in [0.4, 0.5) is 0 Å². The molecule has 5 aromatic carbocycles. The fourth-order valence-corrected chi connectivity index (χ4v) is 24.3. The largest absolute Gasteiger partial charge is 0.491 e. The first-order valence-electron chi connectivity index (χ1n) is 49.5. The highest BCUT2D eigenvalue weighted by molar-refractivity contribution is 5.83. The van der Waals surface area contributed by atoms with Crippen molar-refractivity contribution in [2.45, 2.75) is 424 Å². The minimum atomic E-state index is -0.116. The molecule has 14 atom stereocenters. The van der Waals surface area contributed by atoms with Crippen molar-refractivity contribution in [3.8, 4) is 22.6 Å². The molecule has 4 nitrogen and oxygen atoms in total. The molecule has 0 spiro atoms. The molecule has 6 unspecified atom stereocenters. The van der Waals surface area contributed by atoms with E-state index in [0.717, 1.165) is 138 Å². The maximum Gasteiger partial charge on any atom is 0.120 e. The minimum Gasteiger partial charge on any atom is -0.491 e. The Morgan fingerprint density at radius 2 is 0.895 bits per heavy atom. The summed E-state index contributed by atoms with van der Waals surface area (Å²) >= 11 is 0. The Bertz CT molecular complexity index is 3390. The summed E-state index contributed by atoms with van der Waals surface area (Å²) in [6.45, 7) is 39.1. The van der Waals surface area contributed by atoms with Crippen LogP contribution in [0.25, 0.3) is 21.9 Å². The van der Waals surface area contributed by atoms with Gasteiger partial charge in [0, 0.05) is 0 Å². The molecule has 0 bridgehead atoms. The molecule has 4 heteroatoms. The topological polar surface area (TPSA) is 47.9 Å². The molecule has 0 radical (unpaired) electrons. The molecular weight excluding hydrogens is 1390 g/mol. The Labute approximate surface area is 703 Å². The number of benzene rings is 5. The highest BCUT2D eigenvalue weighted by Crippen LogP contribution is 2.68. The van der Waals surface area contributed by atoms with E-state index in [2.05, 4.69) is 213 Å². The zero-order chi connectivity index (χ0) is 81.6. The van der Waals surface area contributed by atoms with Crippen LogP contribution in [0.15, 0.2) is 115 Å². The Morgan fingerprint density at radius 1 is 0.386 bits per heavy atom. The summed E-state index contributed by atoms with van der Waals surface area (Å²) in [6.07, 6.45) is 61.8. The Kier molecular flexibility index (Phi) is 39.8. The van der Waals surface area contributed by atoms with Crippen LogP contribution in [0.1, 0.15) is 404 Å². The van der Waals surface area contributed by atoms with Crippen molar-refractivity contribution in [3.05, 3.63) is 132 Å². The Hall–Kier alpha value is -4.12. The number of hydrogen-bond donors (Lipinski definition) is 1. The van der Waals surface area contributed by atoms with E-state index < -0.39 is 0 Å². The van der Waals surface area contributed by atoms with Crippen LogP contribution in [-0.2, 0) is 11.2 Å². The van der Waals surface area contributed by atoms with Crippen LogP contribution in [-0.4, -0.2) is 35.6 Å². The first-order chi connectivity index (χ1) is 55.1. The highest BCUT2D eigenvalue weighted by atomic mass is 16.5. The van der Waals surface area contributed by atoms with Gasteiger partial charge in [0.15, 0.2) is 0 Å². The maximum absolute atomic E-state index is 8.36. The number of rotatable bonds is 22. The Balaban J connectivity index is 0.000000157. The minimum absolute atomic E-state index is 0.116. The quantitative estimate of drug-likeness (QED) is 0.0736. The van der Waals surface area contributed by atoms with E-state index in [1.165, 1.54) is 194 Å². The van der Waals surface area contributed by atoms with Gasteiger partial charge in [0.2, 0.25) is 0 Å². The third kappa shape index (κ3) is 27.5. The smallest absolute Gasteiger partial charge is 0.120 e. The van der Waals surface area contributed by atoms with Crippen molar-refractivity contribution in [3.63, 3.8) is 0 Å². The number of hydrogen-bond acceptors (Lipinski definition) is 4. The van der Waals surface area contributed by atoms with E-state index in [1.54, 1.807) is 89.5 Å². The molecule has 1 N–H and O–H groups in total. The molecule has 640 valence electrons. The number of aliphatic hydroxyl groups excluding tert-OH is 1. The predicted octanol–water partition coefficient (Wildman–Crippen LogP) is 33.1. The molecule has 10 aliphatic rings. The SMILES string of the molecule is CC(C)CCC[C@@H](C)[C@H]1CC[C@H]2[C@@H]3CC[C@H]4CCCC[C@]4(C)[C@H]3CC[C@]12C.CCC(C)C1CCC(C2CCCCC2)CC1.CCC(C)C1CCC(c2ccccc2)CC1.CCC(C)O.CCC(C)OC1CCC(C2CCCCC2)CC1.CCC(C)Oc1ccc2c(c1)Cc1ccccc1-2.CCC(C)Oc1ccc2ccccc2c1. The van der Waals surface area contributed by atoms with Gasteiger partial charge in [-0.3, -0.25) is 0 Å². The summed E-state index contributed by atoms with van der Waals surface area (Å²) in [5, 5.41) is 10.9. The average Bonchev–Trinajstić information content (AvgIpc) is 1.44. The van der Waals surface area contributed by atoms with Crippen molar-refractivity contribution in [1.29, 1.82) is 0 Å². The predicted molar refractivity (Wildman–Crippen MR) is 494 cm³/mol. The summed E-state index contributed by atoms with van der Waals surface area (Å²) < 4.78 is 17.7. The molecule has 0 saturated heterocycles. The van der Waals surface area contributed by atoms with Gasteiger partial charge in [-0.25, -0.2) is 0 Å². The van der Waals surface area contributed by atoms with Gasteiger partial charge < -0.3 is 19.3 Å². The number of aliphatic hydroxyl groups is 1. The van der Waals surface area contributed by atoms with Crippen molar-refractivity contribution >= 4 is 10.8 Å². The van der Waals surface area contributed by atoms with Gasteiger partial charge in [-0.1, -0.05) is 290 Å². The van der Waals surface area contributed by atoms with Crippen LogP contribution < -0.4 is 9.47 Å². The van der Waals surface area contributed by atoms with Crippen molar-refractivity contribution in [2.75, 3.05) is 0 Å². The lowest BCUT2D eigenvalue weighted by atomic mass is 9.44. The van der Waals surface area contributed by atoms with Gasteiger partial charge in [-0.15, -0.1) is 0 Å². The maximum atomic E-state index is 8.36. The van der Waals surface area contributed by atoms with E-state index in [0.29, 0.717) is 23.0 Å². The van der Waals surface area contributed by atoms with E-state index >= 15 is 0 Å². The monoisotopic (exact) mass is 1560 g/mol. The summed E-state index contributed by atoms with van der Waals surface area (Å²) in [5.41, 5.74) is 8.50. The second kappa shape index (κ2) is 48.4. The molecule has 0 heterocycles. The average molecular weight is 1560 g/mol. The van der Waals surface area contributed by atoms with Gasteiger partial charge in [-0.05, 0) is 357 Å². The molecule has 10 aliphatic carbocycles. The summed E-state index contributed by atoms with van der Waals surface area (Å²) in [4.78, 5) is 0. The van der Waals surface area contributed by atoms with Crippen molar-refractivity contribution in [1.82, 2.24) is 0 Å². The third-order valence-corrected chi connectivity index (χ3v) is 32.8. The first-order valence-corrected chi connectivity index (χ1v) is 49.5. The lowest BCUT2D eigenvalue weighted by Gasteiger charge is -2.61. The molecule has 114 heavy (non-hydrogen) atoms. The molecule has 9 saturated carbocycles. The highest BCUT2D eigenvalue weighted by Gasteiger charge is 2.60. The summed E-state index contributed by atoms with van der Waals surface area (Å²) in [6, 6.07) is 40.8. The van der Waals surface area contributed by atoms with Gasteiger partial charge in [0.1, 0.15) is 11.5 Å². The Morgan fingerprint density at radius 3 is 1.47 bits per heavy atom. The van der Waals surface area contributed by atoms with Gasteiger partial charge in [-0.2, -0.15) is 0 Å². The molecule has 0 amide bonds. The second-order valence-corrected chi connectivity index (χ2v) is 40.7. The van der Waals surface area contributed by atoms with Crippen LogP contribution >= 0.6 is 0 Å². The van der Waals surface area contributed by atoms with Crippen LogP contribution in [0.2, 0.25) is 0 Å². The molecular formula is C110H176O4. The van der Waals surface area contributed by atoms with Gasteiger partial charge >= 0.3 is 0 Å². The van der Waals surface area contributed by atoms with Crippen LogP contribution in [0.3, 0.4) is 0 Å². The molecule has 15 rings (SSSR count). The number of fused-ring (bicyclic) bond motifs is 9. The third-order valence-electron chi connectivity index (χ3n) is 32.8. The van der Waals surface area contributed by atoms with Crippen molar-refractivity contribution < 1.29 is 19.3 Å². The molecule has 0 aliphatic heterocycles. The van der Waals surface area contributed by atoms with Crippen molar-refractivity contribution in [2.24, 2.45) is 99.6 Å². The second-order valence-electron chi connectivity index (χ2n) is 40.7. The van der Waals surface area contributed by atoms with Gasteiger partial charge in [0.05, 0.1) is 30.5 Å². The lowest BCUT2D eigenvalue weighted by Crippen LogP contribution is -2.53.